The van der Waals surface area contributed by atoms with E-state index in [0.29, 0.717) is 5.75 Å². The minimum Gasteiger partial charge on any atom is -0.491 e. The summed E-state index contributed by atoms with van der Waals surface area (Å²) in [6.45, 7) is 4.72. The average Bonchev–Trinajstić information content (AvgIpc) is 2.50. The second-order valence-corrected chi connectivity index (χ2v) is 6.38. The minimum absolute atomic E-state index is 0.0406. The van der Waals surface area contributed by atoms with Crippen LogP contribution in [0.15, 0.2) is 24.3 Å². The Morgan fingerprint density at radius 1 is 1.17 bits per heavy atom. The second kappa shape index (κ2) is 9.25. The average molecular weight is 340 g/mol. The van der Waals surface area contributed by atoms with Crippen molar-refractivity contribution in [3.63, 3.8) is 0 Å². The molecule has 6 heteroatoms. The number of alkyl halides is 1. The number of hydrogen-bond donors (Lipinski definition) is 0. The maximum absolute atomic E-state index is 12.2. The Labute approximate surface area is 142 Å². The van der Waals surface area contributed by atoms with Crippen LogP contribution in [0.3, 0.4) is 0 Å². The maximum Gasteiger partial charge on any atom is 0.306 e. The quantitative estimate of drug-likeness (QED) is 0.679. The monoisotopic (exact) mass is 340 g/mol. The largest absolute Gasteiger partial charge is 0.491 e. The molecule has 0 aromatic heterocycles. The Bertz CT molecular complexity index is 551. The van der Waals surface area contributed by atoms with E-state index in [1.165, 1.54) is 7.11 Å². The first-order valence-corrected chi connectivity index (χ1v) is 7.82. The van der Waals surface area contributed by atoms with Gasteiger partial charge in [0, 0.05) is 5.92 Å². The molecule has 0 bridgehead atoms. The van der Waals surface area contributed by atoms with Crippen LogP contribution in [0.2, 0.25) is 0 Å². The zero-order chi connectivity index (χ0) is 18.2. The molecule has 0 saturated carbocycles. The van der Waals surface area contributed by atoms with Gasteiger partial charge in [-0.3, -0.25) is 9.59 Å². The molecule has 0 heterocycles. The zero-order valence-electron chi connectivity index (χ0n) is 14.6. The molecule has 0 spiro atoms. The van der Waals surface area contributed by atoms with Gasteiger partial charge in [0.05, 0.1) is 20.0 Å². The highest BCUT2D eigenvalue weighted by atomic mass is 19.1. The molecule has 1 aromatic rings. The van der Waals surface area contributed by atoms with Crippen molar-refractivity contribution < 1.29 is 28.2 Å². The molecule has 0 aliphatic rings. The third kappa shape index (κ3) is 7.44. The van der Waals surface area contributed by atoms with Crippen LogP contribution < -0.4 is 4.74 Å². The molecule has 0 aliphatic carbocycles. The molecule has 0 radical (unpaired) electrons. The van der Waals surface area contributed by atoms with Gasteiger partial charge in [-0.05, 0) is 38.5 Å². The summed E-state index contributed by atoms with van der Waals surface area (Å²) in [4.78, 5) is 23.8. The van der Waals surface area contributed by atoms with Gasteiger partial charge in [-0.15, -0.1) is 0 Å². The van der Waals surface area contributed by atoms with Crippen LogP contribution in [-0.2, 0) is 19.1 Å². The van der Waals surface area contributed by atoms with Crippen molar-refractivity contribution in [1.29, 1.82) is 0 Å². The minimum atomic E-state index is -0.598. The van der Waals surface area contributed by atoms with Gasteiger partial charge in [0.25, 0.3) is 0 Å². The Hall–Kier alpha value is -2.11. The van der Waals surface area contributed by atoms with Gasteiger partial charge in [0.15, 0.2) is 0 Å². The number of ether oxygens (including phenoxy) is 3. The third-order valence-electron chi connectivity index (χ3n) is 3.15. The van der Waals surface area contributed by atoms with Crippen LogP contribution in [-0.4, -0.2) is 37.9 Å². The number of benzene rings is 1. The number of carbonyl (C=O) groups is 2. The van der Waals surface area contributed by atoms with Crippen LogP contribution in [0.25, 0.3) is 0 Å². The summed E-state index contributed by atoms with van der Waals surface area (Å²) in [5.41, 5.74) is 0.140. The Balaban J connectivity index is 2.92. The summed E-state index contributed by atoms with van der Waals surface area (Å²) >= 11 is 0. The Kier molecular flexibility index (Phi) is 7.68. The van der Waals surface area contributed by atoms with Crippen molar-refractivity contribution in [2.24, 2.45) is 0 Å². The molecule has 0 aliphatic heterocycles. The molecule has 0 amide bonds. The topological polar surface area (TPSA) is 61.8 Å². The maximum atomic E-state index is 12.2. The van der Waals surface area contributed by atoms with E-state index in [1.54, 1.807) is 45.0 Å². The predicted molar refractivity (Wildman–Crippen MR) is 87.7 cm³/mol. The van der Waals surface area contributed by atoms with E-state index in [-0.39, 0.29) is 19.4 Å². The molecule has 0 unspecified atom stereocenters. The molecule has 1 rings (SSSR count). The number of hydrogen-bond acceptors (Lipinski definition) is 5. The van der Waals surface area contributed by atoms with Gasteiger partial charge < -0.3 is 14.2 Å². The van der Waals surface area contributed by atoms with Gasteiger partial charge in [0.2, 0.25) is 0 Å². The van der Waals surface area contributed by atoms with E-state index in [1.807, 2.05) is 0 Å². The van der Waals surface area contributed by atoms with E-state index in [9.17, 15) is 14.0 Å². The van der Waals surface area contributed by atoms with Crippen LogP contribution in [0.1, 0.15) is 45.1 Å². The van der Waals surface area contributed by atoms with Crippen LogP contribution >= 0.6 is 0 Å². The van der Waals surface area contributed by atoms with E-state index in [4.69, 9.17) is 14.2 Å². The van der Waals surface area contributed by atoms with Crippen molar-refractivity contribution in [1.82, 2.24) is 0 Å². The fourth-order valence-corrected chi connectivity index (χ4v) is 2.19. The van der Waals surface area contributed by atoms with Crippen LogP contribution in [0, 0.1) is 0 Å². The third-order valence-corrected chi connectivity index (χ3v) is 3.15. The van der Waals surface area contributed by atoms with Crippen LogP contribution in [0.4, 0.5) is 4.39 Å². The first-order valence-electron chi connectivity index (χ1n) is 7.82. The van der Waals surface area contributed by atoms with Gasteiger partial charge in [0.1, 0.15) is 24.6 Å². The van der Waals surface area contributed by atoms with Crippen molar-refractivity contribution in [2.45, 2.75) is 45.1 Å². The molecule has 0 saturated heterocycles. The van der Waals surface area contributed by atoms with E-state index < -0.39 is 30.1 Å². The van der Waals surface area contributed by atoms with Gasteiger partial charge in [-0.1, -0.05) is 12.1 Å². The molecule has 5 nitrogen and oxygen atoms in total. The predicted octanol–water partition coefficient (Wildman–Crippen LogP) is 3.41. The molecule has 134 valence electrons. The molecule has 1 atom stereocenters. The summed E-state index contributed by atoms with van der Waals surface area (Å²) in [6, 6.07) is 6.93. The smallest absolute Gasteiger partial charge is 0.306 e. The first kappa shape index (κ1) is 19.9. The van der Waals surface area contributed by atoms with Crippen molar-refractivity contribution in [3.8, 4) is 5.75 Å². The van der Waals surface area contributed by atoms with E-state index in [0.717, 1.165) is 5.56 Å². The second-order valence-electron chi connectivity index (χ2n) is 6.38. The summed E-state index contributed by atoms with van der Waals surface area (Å²) in [5.74, 6) is -0.726. The van der Waals surface area contributed by atoms with Crippen LogP contribution in [0.5, 0.6) is 5.75 Å². The van der Waals surface area contributed by atoms with Crippen molar-refractivity contribution in [3.05, 3.63) is 29.8 Å². The lowest BCUT2D eigenvalue weighted by Crippen LogP contribution is -2.25. The lowest BCUT2D eigenvalue weighted by molar-refractivity contribution is -0.155. The molecule has 24 heavy (non-hydrogen) atoms. The first-order chi connectivity index (χ1) is 11.2. The molecule has 0 fully saturated rings. The number of halogens is 1. The van der Waals surface area contributed by atoms with Crippen molar-refractivity contribution >= 4 is 11.9 Å². The summed E-state index contributed by atoms with van der Waals surface area (Å²) < 4.78 is 27.5. The number of rotatable bonds is 8. The summed E-state index contributed by atoms with van der Waals surface area (Å²) in [5, 5.41) is 0. The molecule has 0 N–H and O–H groups in total. The zero-order valence-corrected chi connectivity index (χ0v) is 14.6. The highest BCUT2D eigenvalue weighted by Gasteiger charge is 2.24. The number of esters is 2. The number of methoxy groups -OCH3 is 1. The summed E-state index contributed by atoms with van der Waals surface area (Å²) in [7, 11) is 1.30. The highest BCUT2D eigenvalue weighted by molar-refractivity contribution is 5.75. The molecular formula is C18H25FO5. The lowest BCUT2D eigenvalue weighted by Gasteiger charge is -2.22. The van der Waals surface area contributed by atoms with E-state index in [2.05, 4.69) is 0 Å². The lowest BCUT2D eigenvalue weighted by atomic mass is 9.92. The fourth-order valence-electron chi connectivity index (χ4n) is 2.19. The molecular weight excluding hydrogens is 315 g/mol. The normalized spacial score (nSPS) is 12.4. The Morgan fingerprint density at radius 3 is 2.42 bits per heavy atom. The standard InChI is InChI=1S/C18H25FO5/c1-18(2,3)24-17(21)12-14(11-16(20)22-4)13-6-5-7-15(10-13)23-9-8-19/h5-7,10,14H,8-9,11-12H2,1-4H3/t14-/m0/s1. The number of carbonyl (C=O) groups excluding carboxylic acids is 2. The fraction of sp³-hybridized carbons (Fsp3) is 0.556. The highest BCUT2D eigenvalue weighted by Crippen LogP contribution is 2.28. The molecule has 1 aromatic carbocycles. The summed E-state index contributed by atoms with van der Waals surface area (Å²) in [6.07, 6.45) is 0.0846. The van der Waals surface area contributed by atoms with Crippen molar-refractivity contribution in [2.75, 3.05) is 20.4 Å². The SMILES string of the molecule is COC(=O)C[C@@H](CC(=O)OC(C)(C)C)c1cccc(OCCF)c1. The van der Waals surface area contributed by atoms with Gasteiger partial charge in [-0.25, -0.2) is 4.39 Å². The van der Waals surface area contributed by atoms with Gasteiger partial charge >= 0.3 is 11.9 Å². The van der Waals surface area contributed by atoms with Gasteiger partial charge in [-0.2, -0.15) is 0 Å². The van der Waals surface area contributed by atoms with E-state index >= 15 is 0 Å². The Morgan fingerprint density at radius 2 is 1.83 bits per heavy atom.